The second-order valence-corrected chi connectivity index (χ2v) is 4.92. The van der Waals surface area contributed by atoms with E-state index in [-0.39, 0.29) is 11.6 Å². The third-order valence-electron chi connectivity index (χ3n) is 3.04. The highest BCUT2D eigenvalue weighted by molar-refractivity contribution is 5.77. The van der Waals surface area contributed by atoms with Gasteiger partial charge < -0.3 is 15.4 Å². The van der Waals surface area contributed by atoms with Gasteiger partial charge in [-0.2, -0.15) is 0 Å². The number of nitrogens with one attached hydrogen (secondary N) is 2. The van der Waals surface area contributed by atoms with E-state index >= 15 is 0 Å². The van der Waals surface area contributed by atoms with Gasteiger partial charge in [0.15, 0.2) is 0 Å². The lowest BCUT2D eigenvalue weighted by molar-refractivity contribution is -0.384. The molecule has 7 heteroatoms. The molecule has 2 N–H and O–H groups in total. The van der Waals surface area contributed by atoms with Crippen LogP contribution in [0.4, 0.5) is 11.4 Å². The first-order valence-electron chi connectivity index (χ1n) is 7.04. The zero-order valence-corrected chi connectivity index (χ0v) is 11.9. The van der Waals surface area contributed by atoms with Gasteiger partial charge in [-0.05, 0) is 19.8 Å². The van der Waals surface area contributed by atoms with Crippen molar-refractivity contribution in [2.45, 2.75) is 32.2 Å². The number of carbonyl (C=O) groups excluding carboxylic acids is 1. The molecular formula is C14H19N3O4. The SMILES string of the molecule is CCOc1cc(NCCC(=O)NC2CC2)cc([N+](=O)[O-])c1. The highest BCUT2D eigenvalue weighted by atomic mass is 16.6. The van der Waals surface area contributed by atoms with Crippen molar-refractivity contribution in [2.75, 3.05) is 18.5 Å². The van der Waals surface area contributed by atoms with E-state index in [1.165, 1.54) is 12.1 Å². The summed E-state index contributed by atoms with van der Waals surface area (Å²) in [4.78, 5) is 22.0. The van der Waals surface area contributed by atoms with Crippen molar-refractivity contribution >= 4 is 17.3 Å². The molecule has 0 atom stereocenters. The highest BCUT2D eigenvalue weighted by Crippen LogP contribution is 2.26. The van der Waals surface area contributed by atoms with Crippen molar-refractivity contribution in [1.82, 2.24) is 5.32 Å². The van der Waals surface area contributed by atoms with Crippen LogP contribution >= 0.6 is 0 Å². The molecule has 1 fully saturated rings. The normalized spacial score (nSPS) is 13.6. The Morgan fingerprint density at radius 1 is 1.43 bits per heavy atom. The van der Waals surface area contributed by atoms with Gasteiger partial charge in [0, 0.05) is 36.8 Å². The van der Waals surface area contributed by atoms with Crippen LogP contribution in [0.25, 0.3) is 0 Å². The summed E-state index contributed by atoms with van der Waals surface area (Å²) in [5.41, 5.74) is 0.540. The number of amides is 1. The van der Waals surface area contributed by atoms with Crippen LogP contribution in [0.2, 0.25) is 0 Å². The Bertz CT molecular complexity index is 529. The number of nitro groups is 1. The van der Waals surface area contributed by atoms with Gasteiger partial charge in [0.1, 0.15) is 5.75 Å². The van der Waals surface area contributed by atoms with Crippen LogP contribution < -0.4 is 15.4 Å². The average Bonchev–Trinajstić information content (AvgIpc) is 3.22. The van der Waals surface area contributed by atoms with E-state index in [0.29, 0.717) is 37.1 Å². The van der Waals surface area contributed by atoms with Gasteiger partial charge in [-0.25, -0.2) is 0 Å². The van der Waals surface area contributed by atoms with Gasteiger partial charge in [0.2, 0.25) is 5.91 Å². The molecule has 21 heavy (non-hydrogen) atoms. The number of benzene rings is 1. The molecule has 1 aromatic rings. The first-order valence-corrected chi connectivity index (χ1v) is 7.04. The Hall–Kier alpha value is -2.31. The fourth-order valence-electron chi connectivity index (χ4n) is 1.89. The van der Waals surface area contributed by atoms with E-state index in [4.69, 9.17) is 4.74 Å². The largest absolute Gasteiger partial charge is 0.494 e. The third-order valence-corrected chi connectivity index (χ3v) is 3.04. The smallest absolute Gasteiger partial charge is 0.275 e. The molecule has 7 nitrogen and oxygen atoms in total. The molecule has 0 bridgehead atoms. The minimum absolute atomic E-state index is 0.000428. The van der Waals surface area contributed by atoms with Crippen LogP contribution in [0.1, 0.15) is 26.2 Å². The number of nitrogens with zero attached hydrogens (tertiary/aromatic N) is 1. The van der Waals surface area contributed by atoms with Gasteiger partial charge in [0.05, 0.1) is 17.6 Å². The Kier molecular flexibility index (Phi) is 4.97. The maximum absolute atomic E-state index is 11.5. The van der Waals surface area contributed by atoms with Gasteiger partial charge in [0.25, 0.3) is 5.69 Å². The standard InChI is InChI=1S/C14H19N3O4/c1-2-21-13-8-11(7-12(9-13)17(19)20)15-6-5-14(18)16-10-3-4-10/h7-10,15H,2-6H2,1H3,(H,16,18). The number of nitro benzene ring substituents is 1. The molecule has 0 unspecified atom stereocenters. The molecule has 0 saturated heterocycles. The topological polar surface area (TPSA) is 93.5 Å². The molecule has 0 heterocycles. The van der Waals surface area contributed by atoms with E-state index in [2.05, 4.69) is 10.6 Å². The van der Waals surface area contributed by atoms with E-state index in [0.717, 1.165) is 12.8 Å². The number of hydrogen-bond acceptors (Lipinski definition) is 5. The Morgan fingerprint density at radius 2 is 2.19 bits per heavy atom. The second kappa shape index (κ2) is 6.92. The molecule has 1 aliphatic carbocycles. The van der Waals surface area contributed by atoms with E-state index in [9.17, 15) is 14.9 Å². The van der Waals surface area contributed by atoms with Crippen molar-refractivity contribution in [1.29, 1.82) is 0 Å². The van der Waals surface area contributed by atoms with Crippen LogP contribution in [-0.4, -0.2) is 30.0 Å². The summed E-state index contributed by atoms with van der Waals surface area (Å²) in [6.07, 6.45) is 2.45. The fraction of sp³-hybridized carbons (Fsp3) is 0.500. The predicted octanol–water partition coefficient (Wildman–Crippen LogP) is 2.07. The highest BCUT2D eigenvalue weighted by Gasteiger charge is 2.22. The molecule has 0 aromatic heterocycles. The molecule has 1 aliphatic rings. The molecule has 1 aromatic carbocycles. The molecule has 0 aliphatic heterocycles. The molecule has 1 amide bonds. The average molecular weight is 293 g/mol. The number of hydrogen-bond donors (Lipinski definition) is 2. The number of anilines is 1. The third kappa shape index (κ3) is 4.94. The lowest BCUT2D eigenvalue weighted by Crippen LogP contribution is -2.27. The summed E-state index contributed by atoms with van der Waals surface area (Å²) in [6, 6.07) is 4.85. The van der Waals surface area contributed by atoms with Crippen LogP contribution in [0.15, 0.2) is 18.2 Å². The van der Waals surface area contributed by atoms with Gasteiger partial charge in [-0.15, -0.1) is 0 Å². The van der Waals surface area contributed by atoms with Gasteiger partial charge in [-0.3, -0.25) is 14.9 Å². The molecule has 114 valence electrons. The molecule has 0 radical (unpaired) electrons. The van der Waals surface area contributed by atoms with Crippen molar-refractivity contribution in [3.05, 3.63) is 28.3 Å². The zero-order chi connectivity index (χ0) is 15.2. The second-order valence-electron chi connectivity index (χ2n) is 4.92. The first kappa shape index (κ1) is 15.1. The van der Waals surface area contributed by atoms with Crippen LogP contribution in [0.5, 0.6) is 5.75 Å². The van der Waals surface area contributed by atoms with Crippen LogP contribution in [0.3, 0.4) is 0 Å². The maximum atomic E-state index is 11.5. The number of non-ortho nitro benzene ring substituents is 1. The number of carbonyl (C=O) groups is 1. The predicted molar refractivity (Wildman–Crippen MR) is 78.5 cm³/mol. The lowest BCUT2D eigenvalue weighted by Gasteiger charge is -2.09. The molecule has 1 saturated carbocycles. The summed E-state index contributed by atoms with van der Waals surface area (Å²) in [5, 5.41) is 16.8. The first-order chi connectivity index (χ1) is 10.1. The van der Waals surface area contributed by atoms with Crippen molar-refractivity contribution in [2.24, 2.45) is 0 Å². The molecular weight excluding hydrogens is 274 g/mol. The van der Waals surface area contributed by atoms with E-state index < -0.39 is 4.92 Å². The summed E-state index contributed by atoms with van der Waals surface area (Å²) in [6.45, 7) is 2.67. The van der Waals surface area contributed by atoms with Crippen molar-refractivity contribution in [3.8, 4) is 5.75 Å². The summed E-state index contributed by atoms with van der Waals surface area (Å²) >= 11 is 0. The molecule has 0 spiro atoms. The maximum Gasteiger partial charge on any atom is 0.275 e. The Morgan fingerprint density at radius 3 is 2.81 bits per heavy atom. The Labute approximate surface area is 122 Å². The number of rotatable bonds is 8. The monoisotopic (exact) mass is 293 g/mol. The lowest BCUT2D eigenvalue weighted by atomic mass is 10.2. The number of ether oxygens (including phenoxy) is 1. The minimum atomic E-state index is -0.465. The summed E-state index contributed by atoms with van der Waals surface area (Å²) < 4.78 is 5.30. The summed E-state index contributed by atoms with van der Waals surface area (Å²) in [5.74, 6) is 0.442. The van der Waals surface area contributed by atoms with Gasteiger partial charge in [-0.1, -0.05) is 0 Å². The Balaban J connectivity index is 1.90. The van der Waals surface area contributed by atoms with Crippen molar-refractivity contribution in [3.63, 3.8) is 0 Å². The van der Waals surface area contributed by atoms with Gasteiger partial charge >= 0.3 is 0 Å². The zero-order valence-electron chi connectivity index (χ0n) is 11.9. The van der Waals surface area contributed by atoms with Crippen LogP contribution in [0, 0.1) is 10.1 Å². The minimum Gasteiger partial charge on any atom is -0.494 e. The van der Waals surface area contributed by atoms with E-state index in [1.807, 2.05) is 6.92 Å². The van der Waals surface area contributed by atoms with Crippen molar-refractivity contribution < 1.29 is 14.5 Å². The molecule has 2 rings (SSSR count). The fourth-order valence-corrected chi connectivity index (χ4v) is 1.89. The van der Waals surface area contributed by atoms with Crippen LogP contribution in [-0.2, 0) is 4.79 Å². The quantitative estimate of drug-likeness (QED) is 0.565. The van der Waals surface area contributed by atoms with E-state index in [1.54, 1.807) is 6.07 Å². The summed E-state index contributed by atoms with van der Waals surface area (Å²) in [7, 11) is 0.